The number of aliphatic hydroxyl groups is 1. The lowest BCUT2D eigenvalue weighted by molar-refractivity contribution is 0.0959. The summed E-state index contributed by atoms with van der Waals surface area (Å²) in [7, 11) is 0. The van der Waals surface area contributed by atoms with Gasteiger partial charge in [0.05, 0.1) is 0 Å². The maximum atomic E-state index is 9.50. The average molecular weight is 255 g/mol. The molecule has 0 aromatic heterocycles. The van der Waals surface area contributed by atoms with Crippen molar-refractivity contribution in [2.75, 3.05) is 13.2 Å². The quantitative estimate of drug-likeness (QED) is 0.787. The summed E-state index contributed by atoms with van der Waals surface area (Å²) < 4.78 is 0. The van der Waals surface area contributed by atoms with Crippen molar-refractivity contribution in [1.29, 1.82) is 0 Å². The second-order valence-corrected chi connectivity index (χ2v) is 7.57. The Morgan fingerprint density at radius 1 is 1.11 bits per heavy atom. The molecule has 0 radical (unpaired) electrons. The molecule has 1 aliphatic carbocycles. The highest BCUT2D eigenvalue weighted by Gasteiger charge is 2.34. The second kappa shape index (κ2) is 6.38. The predicted molar refractivity (Wildman–Crippen MR) is 78.7 cm³/mol. The van der Waals surface area contributed by atoms with E-state index < -0.39 is 0 Å². The van der Waals surface area contributed by atoms with Crippen LogP contribution in [0.3, 0.4) is 0 Å². The Kier molecular flexibility index (Phi) is 5.67. The van der Waals surface area contributed by atoms with Crippen molar-refractivity contribution < 1.29 is 5.11 Å². The summed E-state index contributed by atoms with van der Waals surface area (Å²) in [6, 6.07) is 0.635. The van der Waals surface area contributed by atoms with E-state index >= 15 is 0 Å². The SMILES string of the molecule is CCC(C)(CO)CNC1CCCCC1C(C)(C)C. The minimum Gasteiger partial charge on any atom is -0.396 e. The van der Waals surface area contributed by atoms with Crippen LogP contribution in [-0.2, 0) is 0 Å². The molecule has 0 spiro atoms. The molecule has 0 saturated heterocycles. The van der Waals surface area contributed by atoms with Crippen LogP contribution in [0.15, 0.2) is 0 Å². The summed E-state index contributed by atoms with van der Waals surface area (Å²) in [5.41, 5.74) is 0.430. The maximum absolute atomic E-state index is 9.50. The first-order chi connectivity index (χ1) is 8.32. The third-order valence-corrected chi connectivity index (χ3v) is 4.90. The van der Waals surface area contributed by atoms with Crippen LogP contribution >= 0.6 is 0 Å². The van der Waals surface area contributed by atoms with Crippen LogP contribution in [0.1, 0.15) is 66.7 Å². The predicted octanol–water partition coefficient (Wildman–Crippen LogP) is 3.59. The Labute approximate surface area is 114 Å². The first-order valence-electron chi connectivity index (χ1n) is 7.66. The van der Waals surface area contributed by atoms with Crippen LogP contribution in [0.5, 0.6) is 0 Å². The second-order valence-electron chi connectivity index (χ2n) is 7.57. The molecule has 1 fully saturated rings. The summed E-state index contributed by atoms with van der Waals surface area (Å²) in [6.07, 6.45) is 6.41. The van der Waals surface area contributed by atoms with Gasteiger partial charge < -0.3 is 10.4 Å². The molecule has 0 aromatic carbocycles. The Balaban J connectivity index is 2.58. The summed E-state index contributed by atoms with van der Waals surface area (Å²) in [6.45, 7) is 12.7. The molecular weight excluding hydrogens is 222 g/mol. The lowest BCUT2D eigenvalue weighted by atomic mass is 9.69. The van der Waals surface area contributed by atoms with E-state index in [9.17, 15) is 5.11 Å². The van der Waals surface area contributed by atoms with Crippen LogP contribution < -0.4 is 5.32 Å². The zero-order valence-electron chi connectivity index (χ0n) is 13.1. The van der Waals surface area contributed by atoms with Crippen molar-refractivity contribution >= 4 is 0 Å². The van der Waals surface area contributed by atoms with E-state index in [1.165, 1.54) is 25.7 Å². The third-order valence-electron chi connectivity index (χ3n) is 4.90. The van der Waals surface area contributed by atoms with E-state index in [2.05, 4.69) is 39.9 Å². The molecule has 1 saturated carbocycles. The van der Waals surface area contributed by atoms with Gasteiger partial charge in [0.25, 0.3) is 0 Å². The molecule has 0 aromatic rings. The molecule has 0 amide bonds. The van der Waals surface area contributed by atoms with E-state index in [0.29, 0.717) is 11.5 Å². The molecule has 3 unspecified atom stereocenters. The summed E-state index contributed by atoms with van der Waals surface area (Å²) in [5, 5.41) is 13.3. The Morgan fingerprint density at radius 2 is 1.72 bits per heavy atom. The van der Waals surface area contributed by atoms with Crippen molar-refractivity contribution in [3.05, 3.63) is 0 Å². The number of rotatable bonds is 5. The molecular formula is C16H33NO. The molecule has 2 heteroatoms. The number of hydrogen-bond donors (Lipinski definition) is 2. The lowest BCUT2D eigenvalue weighted by Gasteiger charge is -2.42. The molecule has 0 aliphatic heterocycles. The highest BCUT2D eigenvalue weighted by molar-refractivity contribution is 4.89. The zero-order chi connectivity index (χ0) is 13.8. The van der Waals surface area contributed by atoms with E-state index in [-0.39, 0.29) is 12.0 Å². The van der Waals surface area contributed by atoms with E-state index in [1.807, 2.05) is 0 Å². The molecule has 0 heterocycles. The van der Waals surface area contributed by atoms with Gasteiger partial charge in [-0.15, -0.1) is 0 Å². The van der Waals surface area contributed by atoms with Crippen molar-refractivity contribution in [2.24, 2.45) is 16.7 Å². The number of hydrogen-bond acceptors (Lipinski definition) is 2. The number of nitrogens with one attached hydrogen (secondary N) is 1. The third kappa shape index (κ3) is 4.24. The van der Waals surface area contributed by atoms with Gasteiger partial charge in [-0.2, -0.15) is 0 Å². The molecule has 108 valence electrons. The fraction of sp³-hybridized carbons (Fsp3) is 1.00. The minimum absolute atomic E-state index is 0.0415. The van der Waals surface area contributed by atoms with Gasteiger partial charge in [-0.1, -0.05) is 47.5 Å². The van der Waals surface area contributed by atoms with Gasteiger partial charge in [0, 0.05) is 24.6 Å². The molecule has 0 bridgehead atoms. The number of aliphatic hydroxyl groups excluding tert-OH is 1. The lowest BCUT2D eigenvalue weighted by Crippen LogP contribution is -2.48. The molecule has 1 rings (SSSR count). The van der Waals surface area contributed by atoms with E-state index in [0.717, 1.165) is 18.9 Å². The van der Waals surface area contributed by atoms with Gasteiger partial charge in [0.15, 0.2) is 0 Å². The van der Waals surface area contributed by atoms with Crippen LogP contribution in [0.25, 0.3) is 0 Å². The molecule has 3 atom stereocenters. The first-order valence-corrected chi connectivity index (χ1v) is 7.66. The Morgan fingerprint density at radius 3 is 2.22 bits per heavy atom. The zero-order valence-corrected chi connectivity index (χ0v) is 13.1. The van der Waals surface area contributed by atoms with Gasteiger partial charge in [-0.25, -0.2) is 0 Å². The maximum Gasteiger partial charge on any atom is 0.0496 e. The van der Waals surface area contributed by atoms with Crippen LogP contribution in [0.4, 0.5) is 0 Å². The monoisotopic (exact) mass is 255 g/mol. The van der Waals surface area contributed by atoms with Crippen LogP contribution in [0.2, 0.25) is 0 Å². The fourth-order valence-corrected chi connectivity index (χ4v) is 3.08. The van der Waals surface area contributed by atoms with Gasteiger partial charge >= 0.3 is 0 Å². The largest absolute Gasteiger partial charge is 0.396 e. The van der Waals surface area contributed by atoms with Crippen LogP contribution in [-0.4, -0.2) is 24.3 Å². The first kappa shape index (κ1) is 16.0. The van der Waals surface area contributed by atoms with Crippen molar-refractivity contribution in [2.45, 2.75) is 72.8 Å². The van der Waals surface area contributed by atoms with Crippen molar-refractivity contribution in [3.63, 3.8) is 0 Å². The Bertz CT molecular complexity index is 240. The summed E-state index contributed by atoms with van der Waals surface area (Å²) in [5.74, 6) is 0.769. The molecule has 2 N–H and O–H groups in total. The average Bonchev–Trinajstić information content (AvgIpc) is 2.35. The molecule has 1 aliphatic rings. The molecule has 18 heavy (non-hydrogen) atoms. The smallest absolute Gasteiger partial charge is 0.0496 e. The highest BCUT2D eigenvalue weighted by atomic mass is 16.3. The summed E-state index contributed by atoms with van der Waals surface area (Å²) in [4.78, 5) is 0. The fourth-order valence-electron chi connectivity index (χ4n) is 3.08. The van der Waals surface area contributed by atoms with E-state index in [1.54, 1.807) is 0 Å². The topological polar surface area (TPSA) is 32.3 Å². The summed E-state index contributed by atoms with van der Waals surface area (Å²) >= 11 is 0. The van der Waals surface area contributed by atoms with Gasteiger partial charge in [-0.3, -0.25) is 0 Å². The van der Waals surface area contributed by atoms with Crippen molar-refractivity contribution in [1.82, 2.24) is 5.32 Å². The highest BCUT2D eigenvalue weighted by Crippen LogP contribution is 2.38. The molecule has 2 nitrogen and oxygen atoms in total. The standard InChI is InChI=1S/C16H33NO/c1-6-16(5,12-18)11-17-14-10-8-7-9-13(14)15(2,3)4/h13-14,17-18H,6-12H2,1-5H3. The van der Waals surface area contributed by atoms with Gasteiger partial charge in [0.2, 0.25) is 0 Å². The van der Waals surface area contributed by atoms with Crippen LogP contribution in [0, 0.1) is 16.7 Å². The minimum atomic E-state index is 0.0415. The van der Waals surface area contributed by atoms with E-state index in [4.69, 9.17) is 0 Å². The van der Waals surface area contributed by atoms with Gasteiger partial charge in [-0.05, 0) is 30.6 Å². The normalized spacial score (nSPS) is 29.0. The Hall–Kier alpha value is -0.0800. The van der Waals surface area contributed by atoms with Crippen molar-refractivity contribution in [3.8, 4) is 0 Å². The van der Waals surface area contributed by atoms with Gasteiger partial charge in [0.1, 0.15) is 0 Å².